The molecule has 2 fully saturated rings. The van der Waals surface area contributed by atoms with E-state index in [0.29, 0.717) is 29.5 Å². The standard InChI is InChI=1S/C18H29BrN4O2S.C3H8O2/c1-2-9-26-18-22-16(19)15(20)17(23-18)21-13-5-6-14(10-13)25-8-7-24-11-12-3-4-12;1-3(2,4)5/h12-14H,2-11,20H2,1H3,(H,21,22,23);4-5H,1-2H3. The Balaban J connectivity index is 0.000000614. The van der Waals surface area contributed by atoms with Gasteiger partial charge in [0.05, 0.1) is 19.3 Å². The number of aliphatic hydroxyl groups is 2. The Hall–Kier alpha value is -0.650. The molecule has 2 saturated carbocycles. The fourth-order valence-corrected chi connectivity index (χ4v) is 4.19. The molecule has 5 N–H and O–H groups in total. The number of rotatable bonds is 11. The molecular formula is C21H37BrN4O4S. The van der Waals surface area contributed by atoms with Crippen molar-refractivity contribution in [3.63, 3.8) is 0 Å². The van der Waals surface area contributed by atoms with Crippen molar-refractivity contribution in [1.29, 1.82) is 0 Å². The lowest BCUT2D eigenvalue weighted by Crippen LogP contribution is -2.21. The normalized spacial score (nSPS) is 21.0. The van der Waals surface area contributed by atoms with E-state index in [9.17, 15) is 0 Å². The predicted molar refractivity (Wildman–Crippen MR) is 128 cm³/mol. The second-order valence-electron chi connectivity index (χ2n) is 8.57. The highest BCUT2D eigenvalue weighted by Gasteiger charge is 2.27. The maximum Gasteiger partial charge on any atom is 0.190 e. The minimum absolute atomic E-state index is 0.289. The lowest BCUT2D eigenvalue weighted by Gasteiger charge is -2.17. The number of nitrogens with zero attached hydrogens (tertiary/aromatic N) is 2. The quantitative estimate of drug-likeness (QED) is 0.113. The molecule has 1 heterocycles. The molecular weight excluding hydrogens is 484 g/mol. The van der Waals surface area contributed by atoms with Gasteiger partial charge < -0.3 is 30.7 Å². The summed E-state index contributed by atoms with van der Waals surface area (Å²) in [6.45, 7) is 7.03. The number of nitrogens with two attached hydrogens (primary N) is 1. The van der Waals surface area contributed by atoms with Crippen molar-refractivity contribution in [2.24, 2.45) is 5.92 Å². The van der Waals surface area contributed by atoms with Crippen LogP contribution in [0, 0.1) is 5.92 Å². The van der Waals surface area contributed by atoms with Gasteiger partial charge in [0.2, 0.25) is 0 Å². The Labute approximate surface area is 198 Å². The Morgan fingerprint density at radius 3 is 2.55 bits per heavy atom. The van der Waals surface area contributed by atoms with Gasteiger partial charge in [-0.15, -0.1) is 0 Å². The number of nitrogen functional groups attached to an aromatic ring is 1. The van der Waals surface area contributed by atoms with Gasteiger partial charge in [0.1, 0.15) is 10.3 Å². The molecule has 178 valence electrons. The third-order valence-electron chi connectivity index (χ3n) is 4.67. The fourth-order valence-electron chi connectivity index (χ4n) is 3.01. The summed E-state index contributed by atoms with van der Waals surface area (Å²) in [4.78, 5) is 8.99. The molecule has 1 aromatic heterocycles. The SMILES string of the molecule is CC(C)(O)O.CCCSc1nc(Br)c(N)c(NC2CCC(OCCOCC3CC3)C2)n1. The zero-order valence-electron chi connectivity index (χ0n) is 18.8. The number of aromatic nitrogens is 2. The van der Waals surface area contributed by atoms with E-state index in [0.717, 1.165) is 54.9 Å². The highest BCUT2D eigenvalue weighted by Crippen LogP contribution is 2.32. The first-order valence-corrected chi connectivity index (χ1v) is 12.8. The molecule has 1 aromatic rings. The molecule has 0 spiro atoms. The van der Waals surface area contributed by atoms with Crippen molar-refractivity contribution in [3.05, 3.63) is 4.60 Å². The van der Waals surface area contributed by atoms with Gasteiger partial charge in [-0.25, -0.2) is 9.97 Å². The molecule has 0 bridgehead atoms. The van der Waals surface area contributed by atoms with Crippen LogP contribution in [0.3, 0.4) is 0 Å². The second-order valence-corrected chi connectivity index (χ2v) is 10.4. The Bertz CT molecular complexity index is 668. The minimum atomic E-state index is -1.50. The van der Waals surface area contributed by atoms with Gasteiger partial charge in [0.25, 0.3) is 0 Å². The highest BCUT2D eigenvalue weighted by molar-refractivity contribution is 9.10. The maximum absolute atomic E-state index is 8.08. The van der Waals surface area contributed by atoms with Gasteiger partial charge >= 0.3 is 0 Å². The van der Waals surface area contributed by atoms with Crippen LogP contribution in [-0.4, -0.2) is 63.7 Å². The molecule has 2 unspecified atom stereocenters. The summed E-state index contributed by atoms with van der Waals surface area (Å²) in [6.07, 6.45) is 7.13. The summed E-state index contributed by atoms with van der Waals surface area (Å²) in [7, 11) is 0. The van der Waals surface area contributed by atoms with Crippen LogP contribution in [0.1, 0.15) is 59.3 Å². The summed E-state index contributed by atoms with van der Waals surface area (Å²) < 4.78 is 12.3. The van der Waals surface area contributed by atoms with Crippen LogP contribution in [0.2, 0.25) is 0 Å². The number of ether oxygens (including phenoxy) is 2. The van der Waals surface area contributed by atoms with E-state index in [4.69, 9.17) is 25.4 Å². The molecule has 0 amide bonds. The van der Waals surface area contributed by atoms with Gasteiger partial charge in [-0.2, -0.15) is 0 Å². The lowest BCUT2D eigenvalue weighted by atomic mass is 10.2. The average Bonchev–Trinajstić information content (AvgIpc) is 3.40. The summed E-state index contributed by atoms with van der Waals surface area (Å²) in [5.41, 5.74) is 6.72. The summed E-state index contributed by atoms with van der Waals surface area (Å²) >= 11 is 5.10. The summed E-state index contributed by atoms with van der Waals surface area (Å²) in [5, 5.41) is 20.4. The molecule has 2 atom stereocenters. The summed E-state index contributed by atoms with van der Waals surface area (Å²) in [6, 6.07) is 0.334. The highest BCUT2D eigenvalue weighted by atomic mass is 79.9. The van der Waals surface area contributed by atoms with E-state index in [1.54, 1.807) is 11.8 Å². The lowest BCUT2D eigenvalue weighted by molar-refractivity contribution is -0.127. The average molecular weight is 522 g/mol. The van der Waals surface area contributed by atoms with Crippen LogP contribution in [0.5, 0.6) is 0 Å². The van der Waals surface area contributed by atoms with Gasteiger partial charge in [-0.1, -0.05) is 18.7 Å². The van der Waals surface area contributed by atoms with Crippen LogP contribution in [0.4, 0.5) is 11.5 Å². The van der Waals surface area contributed by atoms with Gasteiger partial charge in [0, 0.05) is 18.4 Å². The monoisotopic (exact) mass is 520 g/mol. The van der Waals surface area contributed by atoms with Crippen molar-refractivity contribution in [1.82, 2.24) is 9.97 Å². The van der Waals surface area contributed by atoms with Gasteiger partial charge in [0.15, 0.2) is 16.8 Å². The van der Waals surface area contributed by atoms with E-state index in [1.165, 1.54) is 26.7 Å². The number of anilines is 2. The maximum atomic E-state index is 8.08. The van der Waals surface area contributed by atoms with Crippen LogP contribution in [0.15, 0.2) is 9.76 Å². The zero-order chi connectivity index (χ0) is 22.9. The molecule has 0 aliphatic heterocycles. The number of nitrogens with one attached hydrogen (secondary N) is 1. The molecule has 10 heteroatoms. The number of halogens is 1. The Morgan fingerprint density at radius 2 is 1.90 bits per heavy atom. The molecule has 3 rings (SSSR count). The molecule has 0 saturated heterocycles. The summed E-state index contributed by atoms with van der Waals surface area (Å²) in [5.74, 6) is 1.04. The molecule has 0 aromatic carbocycles. The van der Waals surface area contributed by atoms with Crippen LogP contribution in [0.25, 0.3) is 0 Å². The van der Waals surface area contributed by atoms with E-state index >= 15 is 0 Å². The Kier molecular flexibility index (Phi) is 11.3. The Morgan fingerprint density at radius 1 is 1.19 bits per heavy atom. The van der Waals surface area contributed by atoms with E-state index in [2.05, 4.69) is 38.1 Å². The van der Waals surface area contributed by atoms with Gasteiger partial charge in [-0.3, -0.25) is 0 Å². The fraction of sp³-hybridized carbons (Fsp3) is 0.810. The van der Waals surface area contributed by atoms with Crippen molar-refractivity contribution in [2.75, 3.05) is 36.6 Å². The van der Waals surface area contributed by atoms with Crippen LogP contribution in [-0.2, 0) is 9.47 Å². The number of hydrogen-bond acceptors (Lipinski definition) is 9. The van der Waals surface area contributed by atoms with Crippen molar-refractivity contribution in [2.45, 2.75) is 82.4 Å². The first-order valence-electron chi connectivity index (χ1n) is 11.0. The first kappa shape index (κ1) is 26.6. The van der Waals surface area contributed by atoms with E-state index < -0.39 is 5.79 Å². The molecule has 8 nitrogen and oxygen atoms in total. The third-order valence-corrected chi connectivity index (χ3v) is 6.33. The van der Waals surface area contributed by atoms with Crippen LogP contribution >= 0.6 is 27.7 Å². The van der Waals surface area contributed by atoms with Crippen molar-refractivity contribution < 1.29 is 19.7 Å². The third kappa shape index (κ3) is 11.7. The molecule has 2 aliphatic carbocycles. The largest absolute Gasteiger partial charge is 0.394 e. The van der Waals surface area contributed by atoms with Gasteiger partial charge in [-0.05, 0) is 74.2 Å². The smallest absolute Gasteiger partial charge is 0.190 e. The van der Waals surface area contributed by atoms with E-state index in [-0.39, 0.29) is 6.10 Å². The van der Waals surface area contributed by atoms with Crippen LogP contribution < -0.4 is 11.1 Å². The zero-order valence-corrected chi connectivity index (χ0v) is 21.2. The minimum Gasteiger partial charge on any atom is -0.394 e. The van der Waals surface area contributed by atoms with E-state index in [1.807, 2.05) is 0 Å². The predicted octanol–water partition coefficient (Wildman–Crippen LogP) is 3.81. The number of thioether (sulfide) groups is 1. The van der Waals surface area contributed by atoms with Crippen molar-refractivity contribution in [3.8, 4) is 0 Å². The molecule has 2 aliphatic rings. The van der Waals surface area contributed by atoms with Crippen molar-refractivity contribution >= 4 is 39.2 Å². The molecule has 0 radical (unpaired) electrons. The number of hydrogen-bond donors (Lipinski definition) is 4. The topological polar surface area (TPSA) is 123 Å². The second kappa shape index (κ2) is 13.2. The molecule has 31 heavy (non-hydrogen) atoms. The first-order chi connectivity index (χ1) is 14.7.